The van der Waals surface area contributed by atoms with Crippen LogP contribution >= 0.6 is 0 Å². The van der Waals surface area contributed by atoms with E-state index in [9.17, 15) is 8.42 Å². The van der Waals surface area contributed by atoms with Gasteiger partial charge in [-0.15, -0.1) is 0 Å². The van der Waals surface area contributed by atoms with Crippen LogP contribution in [0.2, 0.25) is 0 Å². The molecule has 0 amide bonds. The SMILES string of the molecule is CCCCS(=O)(=O)N1C2CCC1CC(n1nccn1)C2. The van der Waals surface area contributed by atoms with E-state index in [4.69, 9.17) is 0 Å². The second-order valence-electron chi connectivity index (χ2n) is 5.86. The monoisotopic (exact) mass is 298 g/mol. The van der Waals surface area contributed by atoms with E-state index >= 15 is 0 Å². The van der Waals surface area contributed by atoms with Crippen LogP contribution in [0.15, 0.2) is 12.4 Å². The van der Waals surface area contributed by atoms with Crippen LogP contribution in [0.25, 0.3) is 0 Å². The van der Waals surface area contributed by atoms with E-state index in [1.165, 1.54) is 0 Å². The molecule has 2 bridgehead atoms. The molecular weight excluding hydrogens is 276 g/mol. The molecule has 3 heterocycles. The van der Waals surface area contributed by atoms with Gasteiger partial charge in [-0.2, -0.15) is 19.3 Å². The highest BCUT2D eigenvalue weighted by atomic mass is 32.2. The molecule has 3 rings (SSSR count). The van der Waals surface area contributed by atoms with Crippen LogP contribution in [0.5, 0.6) is 0 Å². The fourth-order valence-electron chi connectivity index (χ4n) is 3.59. The predicted octanol–water partition coefficient (Wildman–Crippen LogP) is 1.58. The van der Waals surface area contributed by atoms with Crippen molar-refractivity contribution in [1.82, 2.24) is 19.3 Å². The molecule has 2 aliphatic rings. The molecule has 20 heavy (non-hydrogen) atoms. The Morgan fingerprint density at radius 2 is 1.70 bits per heavy atom. The quantitative estimate of drug-likeness (QED) is 0.827. The molecule has 0 saturated carbocycles. The summed E-state index contributed by atoms with van der Waals surface area (Å²) in [5, 5.41) is 8.42. The van der Waals surface area contributed by atoms with Gasteiger partial charge in [-0.25, -0.2) is 8.42 Å². The molecule has 6 nitrogen and oxygen atoms in total. The van der Waals surface area contributed by atoms with Crippen LogP contribution < -0.4 is 0 Å². The molecule has 1 aromatic heterocycles. The number of nitrogens with zero attached hydrogens (tertiary/aromatic N) is 4. The molecule has 2 saturated heterocycles. The van der Waals surface area contributed by atoms with E-state index in [-0.39, 0.29) is 18.1 Å². The average molecular weight is 298 g/mol. The van der Waals surface area contributed by atoms with E-state index in [2.05, 4.69) is 10.2 Å². The number of unbranched alkanes of at least 4 members (excludes halogenated alkanes) is 1. The Kier molecular flexibility index (Phi) is 3.81. The Morgan fingerprint density at radius 3 is 2.25 bits per heavy atom. The topological polar surface area (TPSA) is 68.1 Å². The lowest BCUT2D eigenvalue weighted by Gasteiger charge is -2.37. The number of rotatable bonds is 5. The van der Waals surface area contributed by atoms with Crippen LogP contribution in [0.4, 0.5) is 0 Å². The lowest BCUT2D eigenvalue weighted by Crippen LogP contribution is -2.47. The van der Waals surface area contributed by atoms with Crippen LogP contribution in [-0.2, 0) is 10.0 Å². The van der Waals surface area contributed by atoms with Crippen LogP contribution in [0, 0.1) is 0 Å². The highest BCUT2D eigenvalue weighted by molar-refractivity contribution is 7.89. The van der Waals surface area contributed by atoms with Crippen molar-refractivity contribution < 1.29 is 8.42 Å². The van der Waals surface area contributed by atoms with Crippen molar-refractivity contribution in [1.29, 1.82) is 0 Å². The summed E-state index contributed by atoms with van der Waals surface area (Å²) in [6.45, 7) is 2.03. The van der Waals surface area contributed by atoms with Crippen molar-refractivity contribution in [3.63, 3.8) is 0 Å². The Morgan fingerprint density at radius 1 is 1.10 bits per heavy atom. The highest BCUT2D eigenvalue weighted by Crippen LogP contribution is 2.42. The molecule has 7 heteroatoms. The fraction of sp³-hybridized carbons (Fsp3) is 0.846. The molecule has 0 N–H and O–H groups in total. The normalized spacial score (nSPS) is 30.8. The molecule has 2 fully saturated rings. The third kappa shape index (κ3) is 2.48. The van der Waals surface area contributed by atoms with Gasteiger partial charge < -0.3 is 0 Å². The summed E-state index contributed by atoms with van der Waals surface area (Å²) in [5.41, 5.74) is 0. The zero-order valence-electron chi connectivity index (χ0n) is 11.9. The van der Waals surface area contributed by atoms with Gasteiger partial charge in [0.25, 0.3) is 0 Å². The lowest BCUT2D eigenvalue weighted by atomic mass is 10.0. The van der Waals surface area contributed by atoms with Crippen molar-refractivity contribution in [2.45, 2.75) is 63.6 Å². The lowest BCUT2D eigenvalue weighted by molar-refractivity contribution is 0.174. The van der Waals surface area contributed by atoms with Crippen molar-refractivity contribution >= 4 is 10.0 Å². The first kappa shape index (κ1) is 14.0. The molecule has 2 aliphatic heterocycles. The molecule has 112 valence electrons. The van der Waals surface area contributed by atoms with E-state index in [1.807, 2.05) is 11.2 Å². The van der Waals surface area contributed by atoms with E-state index in [0.29, 0.717) is 5.75 Å². The predicted molar refractivity (Wildman–Crippen MR) is 75.6 cm³/mol. The van der Waals surface area contributed by atoms with E-state index in [1.54, 1.807) is 17.2 Å². The molecule has 2 unspecified atom stereocenters. The maximum atomic E-state index is 12.5. The number of hydrogen-bond donors (Lipinski definition) is 0. The number of aromatic nitrogens is 3. The number of piperidine rings is 1. The minimum Gasteiger partial charge on any atom is -0.212 e. The van der Waals surface area contributed by atoms with Gasteiger partial charge in [0.2, 0.25) is 10.0 Å². The maximum Gasteiger partial charge on any atom is 0.214 e. The maximum absolute atomic E-state index is 12.5. The first-order valence-electron chi connectivity index (χ1n) is 7.49. The first-order chi connectivity index (χ1) is 9.62. The van der Waals surface area contributed by atoms with Gasteiger partial charge in [-0.05, 0) is 32.1 Å². The smallest absolute Gasteiger partial charge is 0.212 e. The van der Waals surface area contributed by atoms with Crippen LogP contribution in [0.1, 0.15) is 51.5 Å². The summed E-state index contributed by atoms with van der Waals surface area (Å²) in [7, 11) is -3.09. The van der Waals surface area contributed by atoms with Crippen molar-refractivity contribution in [2.75, 3.05) is 5.75 Å². The van der Waals surface area contributed by atoms with Gasteiger partial charge in [0.1, 0.15) is 0 Å². The minimum atomic E-state index is -3.09. The number of fused-ring (bicyclic) bond motifs is 2. The van der Waals surface area contributed by atoms with Gasteiger partial charge in [-0.3, -0.25) is 0 Å². The van der Waals surface area contributed by atoms with E-state index in [0.717, 1.165) is 38.5 Å². The summed E-state index contributed by atoms with van der Waals surface area (Å²) in [6.07, 6.45) is 8.69. The van der Waals surface area contributed by atoms with Gasteiger partial charge in [0.15, 0.2) is 0 Å². The van der Waals surface area contributed by atoms with Crippen molar-refractivity contribution in [3.05, 3.63) is 12.4 Å². The largest absolute Gasteiger partial charge is 0.214 e. The average Bonchev–Trinajstić information content (AvgIpc) is 3.04. The minimum absolute atomic E-state index is 0.145. The number of sulfonamides is 1. The van der Waals surface area contributed by atoms with Gasteiger partial charge in [0, 0.05) is 12.1 Å². The Bertz CT molecular complexity index is 529. The first-order valence-corrected chi connectivity index (χ1v) is 9.09. The zero-order chi connectivity index (χ0) is 14.2. The van der Waals surface area contributed by atoms with Gasteiger partial charge in [-0.1, -0.05) is 13.3 Å². The molecule has 1 aromatic rings. The zero-order valence-corrected chi connectivity index (χ0v) is 12.7. The van der Waals surface area contributed by atoms with Crippen molar-refractivity contribution in [3.8, 4) is 0 Å². The summed E-state index contributed by atoms with van der Waals surface area (Å²) < 4.78 is 26.8. The molecule has 0 aliphatic carbocycles. The van der Waals surface area contributed by atoms with Gasteiger partial charge in [0.05, 0.1) is 24.2 Å². The Labute approximate surface area is 120 Å². The van der Waals surface area contributed by atoms with Crippen LogP contribution in [0.3, 0.4) is 0 Å². The third-order valence-electron chi connectivity index (χ3n) is 4.48. The Balaban J connectivity index is 1.75. The highest BCUT2D eigenvalue weighted by Gasteiger charge is 2.47. The molecule has 2 atom stereocenters. The molecular formula is C13H22N4O2S. The standard InChI is InChI=1S/C13H22N4O2S/c1-2-3-8-20(18,19)16-11-4-5-12(16)10-13(9-11)17-14-6-7-15-17/h6-7,11-13H,2-5,8-10H2,1H3. The third-order valence-corrected chi connectivity index (χ3v) is 6.52. The molecule has 0 spiro atoms. The second kappa shape index (κ2) is 5.44. The second-order valence-corrected chi connectivity index (χ2v) is 7.85. The number of hydrogen-bond acceptors (Lipinski definition) is 4. The summed E-state index contributed by atoms with van der Waals surface area (Å²) in [4.78, 5) is 1.75. The molecule has 0 radical (unpaired) electrons. The summed E-state index contributed by atoms with van der Waals surface area (Å²) >= 11 is 0. The van der Waals surface area contributed by atoms with E-state index < -0.39 is 10.0 Å². The summed E-state index contributed by atoms with van der Waals surface area (Å²) in [5.74, 6) is 0.293. The fourth-order valence-corrected chi connectivity index (χ4v) is 5.75. The summed E-state index contributed by atoms with van der Waals surface area (Å²) in [6, 6.07) is 0.540. The Hall–Kier alpha value is -0.950. The van der Waals surface area contributed by atoms with Gasteiger partial charge >= 0.3 is 0 Å². The molecule has 0 aromatic carbocycles. The van der Waals surface area contributed by atoms with Crippen LogP contribution in [-0.4, -0.2) is 45.6 Å². The van der Waals surface area contributed by atoms with Crippen molar-refractivity contribution in [2.24, 2.45) is 0 Å².